The van der Waals surface area contributed by atoms with E-state index in [9.17, 15) is 39.1 Å². The first kappa shape index (κ1) is 37.2. The molecule has 3 atom stereocenters. The highest BCUT2D eigenvalue weighted by Gasteiger charge is 2.30. The van der Waals surface area contributed by atoms with Gasteiger partial charge in [-0.1, -0.05) is 45.2 Å². The van der Waals surface area contributed by atoms with E-state index >= 15 is 0 Å². The van der Waals surface area contributed by atoms with Crippen molar-refractivity contribution < 1.29 is 48.9 Å². The van der Waals surface area contributed by atoms with E-state index in [-0.39, 0.29) is 30.8 Å². The molecule has 0 aromatic heterocycles. The molecule has 14 nitrogen and oxygen atoms in total. The summed E-state index contributed by atoms with van der Waals surface area (Å²) in [5.41, 5.74) is 1.24. The van der Waals surface area contributed by atoms with Gasteiger partial charge in [-0.3, -0.25) is 29.2 Å². The number of nitrogens with one attached hydrogen (secondary N) is 3. The van der Waals surface area contributed by atoms with Crippen molar-refractivity contribution >= 4 is 36.1 Å². The van der Waals surface area contributed by atoms with E-state index in [2.05, 4.69) is 16.0 Å². The first-order valence-corrected chi connectivity index (χ1v) is 15.1. The topological polar surface area (TPSA) is 212 Å². The minimum atomic E-state index is -1.65. The van der Waals surface area contributed by atoms with E-state index in [1.165, 1.54) is 12.1 Å². The van der Waals surface area contributed by atoms with Crippen LogP contribution in [0.2, 0.25) is 0 Å². The van der Waals surface area contributed by atoms with Crippen molar-refractivity contribution in [2.24, 2.45) is 5.92 Å². The maximum Gasteiger partial charge on any atom is 0.326 e. The van der Waals surface area contributed by atoms with Crippen LogP contribution in [0.1, 0.15) is 80.0 Å². The molecule has 0 fully saturated rings. The van der Waals surface area contributed by atoms with Crippen LogP contribution in [0.3, 0.4) is 0 Å². The third kappa shape index (κ3) is 11.2. The third-order valence-corrected chi connectivity index (χ3v) is 7.22. The summed E-state index contributed by atoms with van der Waals surface area (Å²) >= 11 is 0. The molecule has 0 bridgehead atoms. The Kier molecular flexibility index (Phi) is 15.2. The Morgan fingerprint density at radius 2 is 1.63 bits per heavy atom. The van der Waals surface area contributed by atoms with Crippen molar-refractivity contribution in [1.82, 2.24) is 21.0 Å². The molecule has 250 valence electrons. The number of carbonyl (C=O) groups excluding carboxylic acids is 4. The quantitative estimate of drug-likeness (QED) is 0.0408. The van der Waals surface area contributed by atoms with Crippen LogP contribution in [0.5, 0.6) is 5.75 Å². The number of hydroxylamine groups is 2. The van der Waals surface area contributed by atoms with Crippen LogP contribution in [0.15, 0.2) is 42.5 Å². The van der Waals surface area contributed by atoms with Crippen LogP contribution in [-0.4, -0.2) is 81.9 Å². The second-order valence-electron chi connectivity index (χ2n) is 10.5. The van der Waals surface area contributed by atoms with Gasteiger partial charge >= 0.3 is 11.9 Å². The number of rotatable bonds is 20. The molecule has 0 saturated heterocycles. The van der Waals surface area contributed by atoms with Crippen LogP contribution < -0.4 is 20.7 Å². The van der Waals surface area contributed by atoms with Gasteiger partial charge in [0.2, 0.25) is 12.3 Å². The molecule has 0 aliphatic rings. The van der Waals surface area contributed by atoms with Gasteiger partial charge in [-0.05, 0) is 61.2 Å². The average Bonchev–Trinajstić information content (AvgIpc) is 3.03. The molecule has 2 rings (SSSR count). The lowest BCUT2D eigenvalue weighted by Gasteiger charge is -2.29. The van der Waals surface area contributed by atoms with Gasteiger partial charge in [-0.2, -0.15) is 0 Å². The zero-order valence-electron chi connectivity index (χ0n) is 26.2. The fraction of sp³-hybridized carbons (Fsp3) is 0.438. The van der Waals surface area contributed by atoms with Crippen molar-refractivity contribution in [2.75, 3.05) is 13.3 Å². The van der Waals surface area contributed by atoms with Crippen LogP contribution in [-0.2, 0) is 19.2 Å². The predicted octanol–water partition coefficient (Wildman–Crippen LogP) is 3.04. The van der Waals surface area contributed by atoms with E-state index in [1.54, 1.807) is 44.2 Å². The standard InChI is InChI=1S/C32H42N4O10/c1-4-7-8-12-25(27(5-2)36(45)19-37)31(42)34-18-33-29(40)21-11-9-10-20(13-21)22-14-23(16-24(15-22)46-6-3)30(41)35-26(32(43)44)17-28(38)39/h9-11,13-16,19,25-27,45H,4-8,12,17-18H2,1-3H3,(H,33,40)(H,34,42)(H,35,41)(H,38,39)(H,43,44)/t25-,26+,27-/m1/s1. The van der Waals surface area contributed by atoms with Crippen molar-refractivity contribution in [3.05, 3.63) is 53.6 Å². The Hall–Kier alpha value is -4.98. The lowest BCUT2D eigenvalue weighted by atomic mass is 9.90. The van der Waals surface area contributed by atoms with Crippen molar-refractivity contribution in [1.29, 1.82) is 0 Å². The largest absolute Gasteiger partial charge is 0.494 e. The lowest BCUT2D eigenvalue weighted by Crippen LogP contribution is -2.47. The van der Waals surface area contributed by atoms with E-state index in [1.807, 2.05) is 6.92 Å². The molecule has 0 unspecified atom stereocenters. The monoisotopic (exact) mass is 642 g/mol. The molecular weight excluding hydrogens is 600 g/mol. The molecule has 0 radical (unpaired) electrons. The number of unbranched alkanes of at least 4 members (excludes halogenated alkanes) is 2. The number of ether oxygens (including phenoxy) is 1. The maximum absolute atomic E-state index is 13.0. The number of nitrogens with zero attached hydrogens (tertiary/aromatic N) is 1. The first-order valence-electron chi connectivity index (χ1n) is 15.1. The fourth-order valence-electron chi connectivity index (χ4n) is 4.89. The summed E-state index contributed by atoms with van der Waals surface area (Å²) < 4.78 is 5.58. The summed E-state index contributed by atoms with van der Waals surface area (Å²) in [5.74, 6) is -5.01. The van der Waals surface area contributed by atoms with Crippen molar-refractivity contribution in [2.45, 2.75) is 71.4 Å². The number of carbonyl (C=O) groups is 6. The minimum Gasteiger partial charge on any atom is -0.494 e. The SMILES string of the molecule is CCCCC[C@@H](C(=O)NCNC(=O)c1cccc(-c2cc(OCC)cc(C(=O)N[C@@H](CC(=O)O)C(=O)O)c2)c1)[C@@H](CC)N(O)C=O. The Morgan fingerprint density at radius 1 is 0.913 bits per heavy atom. The number of hydrogen-bond donors (Lipinski definition) is 6. The van der Waals surface area contributed by atoms with Gasteiger partial charge in [-0.15, -0.1) is 0 Å². The van der Waals surface area contributed by atoms with Crippen molar-refractivity contribution in [3.63, 3.8) is 0 Å². The predicted molar refractivity (Wildman–Crippen MR) is 166 cm³/mol. The number of carboxylic acid groups (broad SMARTS) is 2. The number of carboxylic acids is 2. The molecule has 2 aromatic carbocycles. The van der Waals surface area contributed by atoms with Gasteiger partial charge in [0.1, 0.15) is 11.8 Å². The van der Waals surface area contributed by atoms with Gasteiger partial charge in [0.15, 0.2) is 0 Å². The summed E-state index contributed by atoms with van der Waals surface area (Å²) in [6, 6.07) is 8.55. The number of aliphatic carboxylic acids is 2. The van der Waals surface area contributed by atoms with E-state index in [0.717, 1.165) is 19.3 Å². The number of hydrogen-bond acceptors (Lipinski definition) is 8. The van der Waals surface area contributed by atoms with Gasteiger partial charge in [-0.25, -0.2) is 9.86 Å². The zero-order valence-corrected chi connectivity index (χ0v) is 26.2. The van der Waals surface area contributed by atoms with Gasteiger partial charge in [0.05, 0.1) is 31.7 Å². The second kappa shape index (κ2) is 18.7. The molecule has 6 N–H and O–H groups in total. The second-order valence-corrected chi connectivity index (χ2v) is 10.5. The molecule has 2 aromatic rings. The summed E-state index contributed by atoms with van der Waals surface area (Å²) in [6.45, 7) is 5.58. The highest BCUT2D eigenvalue weighted by atomic mass is 16.5. The third-order valence-electron chi connectivity index (χ3n) is 7.22. The summed E-state index contributed by atoms with van der Waals surface area (Å²) in [7, 11) is 0. The first-order chi connectivity index (χ1) is 21.9. The molecule has 0 spiro atoms. The van der Waals surface area contributed by atoms with Crippen LogP contribution >= 0.6 is 0 Å². The number of benzene rings is 2. The molecule has 46 heavy (non-hydrogen) atoms. The van der Waals surface area contributed by atoms with Gasteiger partial charge < -0.3 is 30.9 Å². The van der Waals surface area contributed by atoms with Crippen molar-refractivity contribution in [3.8, 4) is 16.9 Å². The van der Waals surface area contributed by atoms with Crippen LogP contribution in [0, 0.1) is 5.92 Å². The Bertz CT molecular complexity index is 1380. The molecular formula is C32H42N4O10. The minimum absolute atomic E-state index is 0.0186. The average molecular weight is 643 g/mol. The van der Waals surface area contributed by atoms with E-state index < -0.39 is 54.1 Å². The lowest BCUT2D eigenvalue weighted by molar-refractivity contribution is -0.168. The Balaban J connectivity index is 2.22. The highest BCUT2D eigenvalue weighted by Crippen LogP contribution is 2.27. The Morgan fingerprint density at radius 3 is 2.24 bits per heavy atom. The number of amides is 4. The van der Waals surface area contributed by atoms with Crippen LogP contribution in [0.4, 0.5) is 0 Å². The molecule has 4 amide bonds. The zero-order chi connectivity index (χ0) is 34.2. The van der Waals surface area contributed by atoms with Gasteiger partial charge in [0.25, 0.3) is 11.8 Å². The Labute approximate surface area is 267 Å². The van der Waals surface area contributed by atoms with Gasteiger partial charge in [0, 0.05) is 11.1 Å². The molecule has 0 saturated carbocycles. The molecule has 0 aliphatic carbocycles. The maximum atomic E-state index is 13.0. The normalized spacial score (nSPS) is 12.6. The smallest absolute Gasteiger partial charge is 0.326 e. The molecule has 0 aliphatic heterocycles. The molecule has 0 heterocycles. The summed E-state index contributed by atoms with van der Waals surface area (Å²) in [5, 5.41) is 36.3. The van der Waals surface area contributed by atoms with E-state index in [4.69, 9.17) is 9.84 Å². The van der Waals surface area contributed by atoms with E-state index in [0.29, 0.717) is 34.8 Å². The molecule has 14 heteroatoms. The highest BCUT2D eigenvalue weighted by molar-refractivity contribution is 5.99. The van der Waals surface area contributed by atoms with Crippen LogP contribution in [0.25, 0.3) is 11.1 Å². The fourth-order valence-corrected chi connectivity index (χ4v) is 4.89. The summed E-state index contributed by atoms with van der Waals surface area (Å²) in [4.78, 5) is 72.6. The summed E-state index contributed by atoms with van der Waals surface area (Å²) in [6.07, 6.45) is 2.81.